The molecule has 2 rings (SSSR count). The van der Waals surface area contributed by atoms with E-state index in [2.05, 4.69) is 36.7 Å². The number of rotatable bonds is 2. The molecule has 4 heteroatoms. The molecule has 0 saturated heterocycles. The van der Waals surface area contributed by atoms with E-state index in [1.807, 2.05) is 12.1 Å². The van der Waals surface area contributed by atoms with Crippen molar-refractivity contribution in [2.24, 2.45) is 0 Å². The molecular formula is C15H14BrFOS. The zero-order valence-electron chi connectivity index (χ0n) is 11.0. The van der Waals surface area contributed by atoms with Gasteiger partial charge in [-0.05, 0) is 51.7 Å². The van der Waals surface area contributed by atoms with E-state index in [4.69, 9.17) is 0 Å². The normalized spacial score (nSPS) is 11.6. The molecule has 0 bridgehead atoms. The van der Waals surface area contributed by atoms with Gasteiger partial charge in [0.15, 0.2) is 0 Å². The molecule has 1 aromatic carbocycles. The maximum atomic E-state index is 13.5. The standard InChI is InChI=1S/C15H14BrFOS/c1-15(2,3)13-7-6-12(19-13)14(18)9-4-5-10(16)11(17)8-9/h4-8H,1-3H3. The summed E-state index contributed by atoms with van der Waals surface area (Å²) in [6.07, 6.45) is 0. The zero-order chi connectivity index (χ0) is 14.2. The third kappa shape index (κ3) is 3.12. The molecule has 0 aliphatic rings. The van der Waals surface area contributed by atoms with Crippen molar-refractivity contribution in [3.8, 4) is 0 Å². The quantitative estimate of drug-likeness (QED) is 0.688. The van der Waals surface area contributed by atoms with Gasteiger partial charge in [-0.1, -0.05) is 20.8 Å². The molecule has 19 heavy (non-hydrogen) atoms. The van der Waals surface area contributed by atoms with Crippen LogP contribution < -0.4 is 0 Å². The molecule has 0 aliphatic heterocycles. The van der Waals surface area contributed by atoms with Crippen molar-refractivity contribution < 1.29 is 9.18 Å². The second-order valence-electron chi connectivity index (χ2n) is 5.37. The number of thiophene rings is 1. The average molecular weight is 341 g/mol. The van der Waals surface area contributed by atoms with E-state index in [1.165, 1.54) is 17.4 Å². The number of halogens is 2. The lowest BCUT2D eigenvalue weighted by Crippen LogP contribution is -2.08. The monoisotopic (exact) mass is 340 g/mol. The highest BCUT2D eigenvalue weighted by Crippen LogP contribution is 2.30. The van der Waals surface area contributed by atoms with Crippen LogP contribution in [0.15, 0.2) is 34.8 Å². The second kappa shape index (κ2) is 5.17. The highest BCUT2D eigenvalue weighted by atomic mass is 79.9. The van der Waals surface area contributed by atoms with Crippen LogP contribution in [0.2, 0.25) is 0 Å². The third-order valence-electron chi connectivity index (χ3n) is 2.75. The van der Waals surface area contributed by atoms with Crippen LogP contribution in [0.4, 0.5) is 4.39 Å². The Morgan fingerprint density at radius 3 is 2.42 bits per heavy atom. The minimum absolute atomic E-state index is 0.0220. The van der Waals surface area contributed by atoms with Gasteiger partial charge in [0, 0.05) is 10.4 Å². The fourth-order valence-corrected chi connectivity index (χ4v) is 2.92. The van der Waals surface area contributed by atoms with E-state index < -0.39 is 5.82 Å². The number of hydrogen-bond acceptors (Lipinski definition) is 2. The van der Waals surface area contributed by atoms with Crippen molar-refractivity contribution in [3.05, 3.63) is 55.9 Å². The number of benzene rings is 1. The van der Waals surface area contributed by atoms with E-state index in [0.29, 0.717) is 14.9 Å². The van der Waals surface area contributed by atoms with E-state index in [1.54, 1.807) is 12.1 Å². The first kappa shape index (κ1) is 14.4. The van der Waals surface area contributed by atoms with E-state index in [-0.39, 0.29) is 11.2 Å². The maximum absolute atomic E-state index is 13.5. The molecule has 0 amide bonds. The van der Waals surface area contributed by atoms with E-state index in [0.717, 1.165) is 4.88 Å². The molecule has 0 aliphatic carbocycles. The molecule has 2 aromatic rings. The first-order chi connectivity index (χ1) is 8.79. The van der Waals surface area contributed by atoms with Gasteiger partial charge in [-0.15, -0.1) is 11.3 Å². The Balaban J connectivity index is 2.34. The summed E-state index contributed by atoms with van der Waals surface area (Å²) in [5.74, 6) is -0.551. The van der Waals surface area contributed by atoms with Crippen LogP contribution in [0.25, 0.3) is 0 Å². The molecule has 1 aromatic heterocycles. The van der Waals surface area contributed by atoms with Gasteiger partial charge >= 0.3 is 0 Å². The summed E-state index contributed by atoms with van der Waals surface area (Å²) in [5.41, 5.74) is 0.400. The Hall–Kier alpha value is -1.00. The first-order valence-corrected chi connectivity index (χ1v) is 7.50. The summed E-state index contributed by atoms with van der Waals surface area (Å²) < 4.78 is 13.8. The third-order valence-corrected chi connectivity index (χ3v) is 4.90. The van der Waals surface area contributed by atoms with E-state index in [9.17, 15) is 9.18 Å². The summed E-state index contributed by atoms with van der Waals surface area (Å²) >= 11 is 4.55. The minimum Gasteiger partial charge on any atom is -0.288 e. The summed E-state index contributed by atoms with van der Waals surface area (Å²) in [6.45, 7) is 6.31. The largest absolute Gasteiger partial charge is 0.288 e. The molecular weight excluding hydrogens is 327 g/mol. The van der Waals surface area contributed by atoms with Crippen LogP contribution in [0.3, 0.4) is 0 Å². The van der Waals surface area contributed by atoms with Crippen molar-refractivity contribution in [2.75, 3.05) is 0 Å². The highest BCUT2D eigenvalue weighted by molar-refractivity contribution is 9.10. The molecule has 0 fully saturated rings. The molecule has 0 N–H and O–H groups in total. The Bertz CT molecular complexity index is 625. The molecule has 0 saturated carbocycles. The van der Waals surface area contributed by atoms with Gasteiger partial charge in [0.25, 0.3) is 0 Å². The molecule has 0 radical (unpaired) electrons. The van der Waals surface area contributed by atoms with Crippen LogP contribution >= 0.6 is 27.3 Å². The number of carbonyl (C=O) groups is 1. The zero-order valence-corrected chi connectivity index (χ0v) is 13.4. The van der Waals surface area contributed by atoms with Crippen molar-refractivity contribution in [3.63, 3.8) is 0 Å². The molecule has 100 valence electrons. The number of hydrogen-bond donors (Lipinski definition) is 0. The van der Waals surface area contributed by atoms with Crippen LogP contribution in [0, 0.1) is 5.82 Å². The molecule has 0 atom stereocenters. The van der Waals surface area contributed by atoms with Crippen molar-refractivity contribution in [2.45, 2.75) is 26.2 Å². The van der Waals surface area contributed by atoms with Crippen LogP contribution in [0.5, 0.6) is 0 Å². The SMILES string of the molecule is CC(C)(C)c1ccc(C(=O)c2ccc(Br)c(F)c2)s1. The lowest BCUT2D eigenvalue weighted by atomic mass is 9.95. The molecule has 1 heterocycles. The van der Waals surface area contributed by atoms with Gasteiger partial charge in [0.2, 0.25) is 5.78 Å². The average Bonchev–Trinajstić information content (AvgIpc) is 2.81. The minimum atomic E-state index is -0.418. The van der Waals surface area contributed by atoms with Gasteiger partial charge in [0.05, 0.1) is 9.35 Å². The van der Waals surface area contributed by atoms with Crippen molar-refractivity contribution >= 4 is 33.0 Å². The Morgan fingerprint density at radius 2 is 1.89 bits per heavy atom. The Morgan fingerprint density at radius 1 is 1.21 bits per heavy atom. The summed E-state index contributed by atoms with van der Waals surface area (Å²) in [5, 5.41) is 0. The smallest absolute Gasteiger partial charge is 0.203 e. The van der Waals surface area contributed by atoms with Crippen molar-refractivity contribution in [1.82, 2.24) is 0 Å². The fourth-order valence-electron chi connectivity index (χ4n) is 1.64. The predicted octanol–water partition coefficient (Wildman–Crippen LogP) is 5.18. The maximum Gasteiger partial charge on any atom is 0.203 e. The van der Waals surface area contributed by atoms with Gasteiger partial charge in [-0.25, -0.2) is 4.39 Å². The van der Waals surface area contributed by atoms with E-state index >= 15 is 0 Å². The predicted molar refractivity (Wildman–Crippen MR) is 80.6 cm³/mol. The molecule has 1 nitrogen and oxygen atoms in total. The molecule has 0 unspecified atom stereocenters. The Labute approximate surface area is 124 Å². The van der Waals surface area contributed by atoms with Gasteiger partial charge < -0.3 is 0 Å². The second-order valence-corrected chi connectivity index (χ2v) is 7.31. The lowest BCUT2D eigenvalue weighted by molar-refractivity contribution is 0.104. The van der Waals surface area contributed by atoms with Gasteiger partial charge in [-0.2, -0.15) is 0 Å². The molecule has 0 spiro atoms. The van der Waals surface area contributed by atoms with Crippen molar-refractivity contribution in [1.29, 1.82) is 0 Å². The van der Waals surface area contributed by atoms with Crippen LogP contribution in [0.1, 0.15) is 40.9 Å². The summed E-state index contributed by atoms with van der Waals surface area (Å²) in [4.78, 5) is 14.1. The summed E-state index contributed by atoms with van der Waals surface area (Å²) in [7, 11) is 0. The lowest BCUT2D eigenvalue weighted by Gasteiger charge is -2.15. The van der Waals surface area contributed by atoms with Crippen LogP contribution in [-0.4, -0.2) is 5.78 Å². The topological polar surface area (TPSA) is 17.1 Å². The first-order valence-electron chi connectivity index (χ1n) is 5.89. The number of carbonyl (C=O) groups excluding carboxylic acids is 1. The highest BCUT2D eigenvalue weighted by Gasteiger charge is 2.19. The number of ketones is 1. The van der Waals surface area contributed by atoms with Crippen LogP contribution in [-0.2, 0) is 5.41 Å². The Kier molecular flexibility index (Phi) is 3.92. The van der Waals surface area contributed by atoms with Gasteiger partial charge in [0.1, 0.15) is 5.82 Å². The summed E-state index contributed by atoms with van der Waals surface area (Å²) in [6, 6.07) is 8.23. The van der Waals surface area contributed by atoms with Gasteiger partial charge in [-0.3, -0.25) is 4.79 Å². The fraction of sp³-hybridized carbons (Fsp3) is 0.267.